The van der Waals surface area contributed by atoms with Crippen molar-refractivity contribution in [3.05, 3.63) is 68.4 Å². The van der Waals surface area contributed by atoms with Crippen molar-refractivity contribution in [2.24, 2.45) is 0 Å². The lowest BCUT2D eigenvalue weighted by molar-refractivity contribution is -0.193. The molecule has 0 aliphatic carbocycles. The molecule has 0 saturated carbocycles. The third kappa shape index (κ3) is 15.5. The first-order chi connectivity index (χ1) is 23.7. The van der Waals surface area contributed by atoms with Crippen molar-refractivity contribution >= 4 is 69.5 Å². The fourth-order valence-corrected chi connectivity index (χ4v) is 6.08. The van der Waals surface area contributed by atoms with Gasteiger partial charge in [-0.15, -0.1) is 5.10 Å². The van der Waals surface area contributed by atoms with E-state index in [-0.39, 0.29) is 16.5 Å². The smallest absolute Gasteiger partial charge is 0.442 e. The van der Waals surface area contributed by atoms with Crippen LogP contribution in [0.25, 0.3) is 5.69 Å². The average Bonchev–Trinajstić information content (AvgIpc) is 3.35. The number of benzene rings is 2. The Hall–Kier alpha value is -3.09. The normalized spacial score (nSPS) is 14.5. The van der Waals surface area contributed by atoms with Crippen molar-refractivity contribution < 1.29 is 46.6 Å². The predicted octanol–water partition coefficient (Wildman–Crippen LogP) is 4.08. The van der Waals surface area contributed by atoms with Gasteiger partial charge < -0.3 is 28.6 Å². The highest BCUT2D eigenvalue weighted by Crippen LogP contribution is 2.34. The number of hydrogen-bond donors (Lipinski definition) is 4. The molecule has 52 heavy (non-hydrogen) atoms. The maximum Gasteiger partial charge on any atom is 0.442 e. The molecule has 1 aromatic heterocycles. The van der Waals surface area contributed by atoms with Gasteiger partial charge in [0, 0.05) is 17.5 Å². The standard InChI is InChI=1S/C15H18Cl2N2O3.C10H12N2O3S.C3H8NO5P.C3H9S/c1-8(2)21-12-7-11(9(16)6-10(12)17)19-14(20)22-13(18-19)15(3,4)5;1-7(2)12-10(13)8-5-3-4-6-9(8)11-16(12,14)15;5-3(6)1-4-2-10(7,8)9;1-4(2)3/h6-8H,1-5H3;3-7,11H,1-2H3;4H,1-2H2,(H,5,6)(H2,7,8,9);1-3H3/q;;;+1/p-1. The molecule has 1 amide bonds. The molecule has 4 N–H and O–H groups in total. The van der Waals surface area contributed by atoms with E-state index >= 15 is 0 Å². The van der Waals surface area contributed by atoms with Crippen molar-refractivity contribution in [2.75, 3.05) is 36.3 Å². The van der Waals surface area contributed by atoms with Gasteiger partial charge in [-0.3, -0.25) is 19.6 Å². The second-order valence-corrected chi connectivity index (χ2v) is 19.3. The summed E-state index contributed by atoms with van der Waals surface area (Å²) in [5.41, 5.74) is 0.696. The van der Waals surface area contributed by atoms with Crippen LogP contribution in [0.4, 0.5) is 5.69 Å². The summed E-state index contributed by atoms with van der Waals surface area (Å²) in [6, 6.07) is 9.26. The molecule has 16 nitrogen and oxygen atoms in total. The molecule has 0 bridgehead atoms. The summed E-state index contributed by atoms with van der Waals surface area (Å²) < 4.78 is 48.7. The fourth-order valence-electron chi connectivity index (χ4n) is 3.75. The van der Waals surface area contributed by atoms with Crippen LogP contribution in [0.3, 0.4) is 0 Å². The molecule has 292 valence electrons. The van der Waals surface area contributed by atoms with Gasteiger partial charge in [-0.1, -0.05) is 56.1 Å². The Morgan fingerprint density at radius 2 is 1.67 bits per heavy atom. The zero-order chi connectivity index (χ0) is 40.4. The number of anilines is 1. The van der Waals surface area contributed by atoms with Crippen LogP contribution in [0, 0.1) is 0 Å². The van der Waals surface area contributed by atoms with E-state index in [1.807, 2.05) is 39.9 Å². The number of hydrogen-bond acceptors (Lipinski definition) is 11. The number of carbonyl (C=O) groups is 2. The number of nitrogens with zero attached hydrogens (tertiary/aromatic N) is 3. The predicted molar refractivity (Wildman–Crippen MR) is 202 cm³/mol. The first-order valence-corrected chi connectivity index (χ1v) is 21.8. The minimum atomic E-state index is -4.35. The average molecular weight is 831 g/mol. The van der Waals surface area contributed by atoms with Crippen LogP contribution in [0.15, 0.2) is 45.6 Å². The summed E-state index contributed by atoms with van der Waals surface area (Å²) in [7, 11) is -7.46. The van der Waals surface area contributed by atoms with E-state index in [1.54, 1.807) is 44.2 Å². The highest BCUT2D eigenvalue weighted by Gasteiger charge is 2.37. The highest BCUT2D eigenvalue weighted by atomic mass is 35.5. The molecule has 21 heteroatoms. The number of rotatable bonds is 8. The third-order valence-electron chi connectivity index (χ3n) is 5.69. The molecule has 0 radical (unpaired) electrons. The molecule has 1 aliphatic rings. The molecule has 1 atom stereocenters. The molecule has 3 aromatic rings. The van der Waals surface area contributed by atoms with Gasteiger partial charge >= 0.3 is 21.9 Å². The monoisotopic (exact) mass is 829 g/mol. The number of nitrogens with one attached hydrogen (secondary N) is 2. The summed E-state index contributed by atoms with van der Waals surface area (Å²) in [5, 5.41) is 14.8. The molecule has 4 rings (SSSR count). The van der Waals surface area contributed by atoms with Crippen molar-refractivity contribution in [1.29, 1.82) is 0 Å². The summed E-state index contributed by atoms with van der Waals surface area (Å²) in [6.07, 6.45) is 5.81. The number of carboxylic acid groups (broad SMARTS) is 1. The Morgan fingerprint density at radius 3 is 2.13 bits per heavy atom. The van der Waals surface area contributed by atoms with Gasteiger partial charge in [0.25, 0.3) is 5.91 Å². The minimum absolute atomic E-state index is 0.0642. The fraction of sp³-hybridized carbons (Fsp3) is 0.484. The molecular formula is C31H46Cl2N5O11PS2. The van der Waals surface area contributed by atoms with E-state index in [0.29, 0.717) is 44.5 Å². The van der Waals surface area contributed by atoms with Crippen LogP contribution in [0.2, 0.25) is 10.0 Å². The lowest BCUT2D eigenvalue weighted by atomic mass is 9.97. The maximum atomic E-state index is 12.1. The van der Waals surface area contributed by atoms with Gasteiger partial charge in [0.15, 0.2) is 0 Å². The first-order valence-electron chi connectivity index (χ1n) is 15.3. The van der Waals surface area contributed by atoms with Gasteiger partial charge in [0.2, 0.25) is 5.89 Å². The van der Waals surface area contributed by atoms with Crippen LogP contribution in [0.5, 0.6) is 5.75 Å². The Bertz CT molecular complexity index is 1890. The summed E-state index contributed by atoms with van der Waals surface area (Å²) >= 11 is 12.3. The minimum Gasteiger partial charge on any atom is -0.778 e. The van der Waals surface area contributed by atoms with Crippen molar-refractivity contribution in [3.8, 4) is 11.4 Å². The number of carbonyl (C=O) groups excluding carboxylic acids is 1. The number of para-hydroxylation sites is 1. The topological polar surface area (TPSA) is 233 Å². The highest BCUT2D eigenvalue weighted by molar-refractivity contribution is 7.94. The Balaban J connectivity index is 0.000000394. The second kappa shape index (κ2) is 19.8. The molecule has 0 saturated heterocycles. The quantitative estimate of drug-likeness (QED) is 0.185. The Labute approximate surface area is 316 Å². The van der Waals surface area contributed by atoms with Crippen LogP contribution in [-0.2, 0) is 35.9 Å². The zero-order valence-corrected chi connectivity index (χ0v) is 34.5. The van der Waals surface area contributed by atoms with Crippen LogP contribution in [-0.4, -0.2) is 88.1 Å². The third-order valence-corrected chi connectivity index (χ3v) is 8.50. The number of carboxylic acids is 1. The molecular weight excluding hydrogens is 784 g/mol. The van der Waals surface area contributed by atoms with E-state index in [0.717, 1.165) is 8.99 Å². The summed E-state index contributed by atoms with van der Waals surface area (Å²) in [6.45, 7) is 12.3. The van der Waals surface area contributed by atoms with E-state index in [4.69, 9.17) is 42.4 Å². The largest absolute Gasteiger partial charge is 0.778 e. The second-order valence-electron chi connectivity index (χ2n) is 12.9. The Kier molecular flexibility index (Phi) is 17.9. The summed E-state index contributed by atoms with van der Waals surface area (Å²) in [4.78, 5) is 51.8. The number of aliphatic carboxylic acids is 1. The molecule has 0 fully saturated rings. The zero-order valence-electron chi connectivity index (χ0n) is 30.5. The molecule has 2 heterocycles. The number of aromatic nitrogens is 2. The van der Waals surface area contributed by atoms with E-state index in [9.17, 15) is 32.3 Å². The van der Waals surface area contributed by atoms with Gasteiger partial charge in [0.05, 0.1) is 64.7 Å². The van der Waals surface area contributed by atoms with Gasteiger partial charge in [-0.2, -0.15) is 13.1 Å². The molecule has 1 unspecified atom stereocenters. The van der Waals surface area contributed by atoms with Gasteiger partial charge in [0.1, 0.15) is 13.3 Å². The van der Waals surface area contributed by atoms with Gasteiger partial charge in [-0.25, -0.2) is 9.10 Å². The lowest BCUT2D eigenvalue weighted by Gasteiger charge is -2.31. The van der Waals surface area contributed by atoms with Crippen molar-refractivity contribution in [3.63, 3.8) is 0 Å². The lowest BCUT2D eigenvalue weighted by Crippen LogP contribution is -2.48. The van der Waals surface area contributed by atoms with Gasteiger partial charge in [-0.05, 0) is 56.8 Å². The number of ether oxygens (including phenoxy) is 1. The molecule has 2 aromatic carbocycles. The van der Waals surface area contributed by atoms with E-state index in [2.05, 4.69) is 28.6 Å². The van der Waals surface area contributed by atoms with Crippen molar-refractivity contribution in [2.45, 2.75) is 66.0 Å². The maximum absolute atomic E-state index is 12.1. The van der Waals surface area contributed by atoms with E-state index < -0.39 is 54.3 Å². The van der Waals surface area contributed by atoms with Crippen LogP contribution < -0.4 is 25.4 Å². The van der Waals surface area contributed by atoms with Crippen LogP contribution in [0.1, 0.15) is 64.7 Å². The number of fused-ring (bicyclic) bond motifs is 1. The summed E-state index contributed by atoms with van der Waals surface area (Å²) in [5.74, 6) is -1.50. The van der Waals surface area contributed by atoms with Crippen LogP contribution >= 0.6 is 30.8 Å². The van der Waals surface area contributed by atoms with E-state index in [1.165, 1.54) is 6.07 Å². The van der Waals surface area contributed by atoms with Crippen molar-refractivity contribution in [1.82, 2.24) is 19.4 Å². The molecule has 0 spiro atoms. The first kappa shape index (κ1) is 46.9. The molecule has 1 aliphatic heterocycles. The number of amides is 1. The number of halogens is 2. The Morgan fingerprint density at radius 1 is 1.12 bits per heavy atom. The SMILES string of the molecule is CC(C)N1C(=O)c2ccccc2NS1(=O)=O.CC(C)Oc1cc(-n2nc(C(C)(C)C)oc2=O)c(Cl)cc1Cl.C[S+](C)C.O=C(O)CNCP(=O)([O-])O.